The van der Waals surface area contributed by atoms with Crippen LogP contribution >= 0.6 is 11.6 Å². The van der Waals surface area contributed by atoms with E-state index < -0.39 is 11.5 Å². The molecule has 0 N–H and O–H groups in total. The molecule has 2 amide bonds. The van der Waals surface area contributed by atoms with Crippen molar-refractivity contribution in [3.63, 3.8) is 0 Å². The molecular weight excluding hydrogens is 194 g/mol. The van der Waals surface area contributed by atoms with Crippen LogP contribution < -0.4 is 0 Å². The molecule has 5 heteroatoms. The number of nitrogens with zero attached hydrogens (tertiary/aromatic N) is 1. The van der Waals surface area contributed by atoms with Crippen molar-refractivity contribution in [2.75, 3.05) is 0 Å². The minimum atomic E-state index is -0.819. The van der Waals surface area contributed by atoms with Crippen LogP contribution in [0.1, 0.15) is 27.7 Å². The predicted octanol–water partition coefficient (Wildman–Crippen LogP) is 2.60. The molecule has 0 aromatic heterocycles. The third-order valence-corrected chi connectivity index (χ3v) is 1.42. The van der Waals surface area contributed by atoms with Crippen molar-refractivity contribution in [1.82, 2.24) is 4.90 Å². The van der Waals surface area contributed by atoms with Gasteiger partial charge >= 0.3 is 11.5 Å². The summed E-state index contributed by atoms with van der Waals surface area (Å²) < 4.78 is 4.82. The van der Waals surface area contributed by atoms with Crippen molar-refractivity contribution >= 4 is 23.1 Å². The molecule has 13 heavy (non-hydrogen) atoms. The summed E-state index contributed by atoms with van der Waals surface area (Å²) in [7, 11) is 0. The first-order valence-electron chi connectivity index (χ1n) is 4.05. The van der Waals surface area contributed by atoms with Crippen LogP contribution in [0.3, 0.4) is 0 Å². The Morgan fingerprint density at radius 2 is 1.69 bits per heavy atom. The van der Waals surface area contributed by atoms with Crippen molar-refractivity contribution in [3.05, 3.63) is 0 Å². The second-order valence-corrected chi connectivity index (χ2v) is 3.47. The van der Waals surface area contributed by atoms with E-state index >= 15 is 0 Å². The molecule has 76 valence electrons. The number of carbonyl (C=O) groups excluding carboxylic acids is 2. The number of carbonyl (C=O) groups is 2. The van der Waals surface area contributed by atoms with E-state index in [0.29, 0.717) is 0 Å². The molecule has 0 rings (SSSR count). The van der Waals surface area contributed by atoms with E-state index in [1.54, 1.807) is 27.7 Å². The molecule has 0 saturated heterocycles. The normalized spacial score (nSPS) is 10.4. The minimum Gasteiger partial charge on any atom is -0.446 e. The molecule has 0 bridgehead atoms. The van der Waals surface area contributed by atoms with Gasteiger partial charge < -0.3 is 4.74 Å². The fourth-order valence-electron chi connectivity index (χ4n) is 0.744. The van der Waals surface area contributed by atoms with Gasteiger partial charge in [-0.3, -0.25) is 4.79 Å². The first kappa shape index (κ1) is 12.2. The molecule has 0 heterocycles. The SMILES string of the molecule is CC(C)OC(=O)N(C(=O)Cl)C(C)C. The third kappa shape index (κ3) is 4.12. The molecule has 0 aliphatic heterocycles. The zero-order valence-corrected chi connectivity index (χ0v) is 8.96. The zero-order chi connectivity index (χ0) is 10.6. The monoisotopic (exact) mass is 207 g/mol. The van der Waals surface area contributed by atoms with Gasteiger partial charge in [-0.05, 0) is 39.3 Å². The average Bonchev–Trinajstić information content (AvgIpc) is 1.81. The maximum Gasteiger partial charge on any atom is 0.417 e. The summed E-state index contributed by atoms with van der Waals surface area (Å²) in [5.41, 5.74) is 0. The lowest BCUT2D eigenvalue weighted by Crippen LogP contribution is -2.40. The first-order chi connectivity index (χ1) is 5.86. The van der Waals surface area contributed by atoms with E-state index in [1.807, 2.05) is 0 Å². The Morgan fingerprint density at radius 3 is 1.92 bits per heavy atom. The van der Waals surface area contributed by atoms with Crippen LogP contribution in [0.5, 0.6) is 0 Å². The van der Waals surface area contributed by atoms with Gasteiger partial charge in [0.25, 0.3) is 0 Å². The summed E-state index contributed by atoms with van der Waals surface area (Å²) >= 11 is 5.20. The van der Waals surface area contributed by atoms with Crippen LogP contribution in [0.2, 0.25) is 0 Å². The van der Waals surface area contributed by atoms with Gasteiger partial charge in [0.2, 0.25) is 0 Å². The van der Waals surface area contributed by atoms with E-state index in [4.69, 9.17) is 16.3 Å². The number of hydrogen-bond acceptors (Lipinski definition) is 3. The topological polar surface area (TPSA) is 46.6 Å². The van der Waals surface area contributed by atoms with Crippen LogP contribution in [0.4, 0.5) is 9.59 Å². The predicted molar refractivity (Wildman–Crippen MR) is 49.8 cm³/mol. The van der Waals surface area contributed by atoms with Gasteiger partial charge in [0.1, 0.15) is 0 Å². The van der Waals surface area contributed by atoms with E-state index in [1.165, 1.54) is 0 Å². The van der Waals surface area contributed by atoms with Gasteiger partial charge in [0, 0.05) is 6.04 Å². The average molecular weight is 208 g/mol. The van der Waals surface area contributed by atoms with Crippen molar-refractivity contribution in [2.24, 2.45) is 0 Å². The van der Waals surface area contributed by atoms with Gasteiger partial charge in [0.15, 0.2) is 0 Å². The van der Waals surface area contributed by atoms with Gasteiger partial charge in [-0.2, -0.15) is 0 Å². The molecule has 4 nitrogen and oxygen atoms in total. The standard InChI is InChI=1S/C8H14ClNO3/c1-5(2)10(7(9)11)8(12)13-6(3)4/h5-6H,1-4H3. The Bertz CT molecular complexity index is 204. The maximum absolute atomic E-state index is 11.2. The Kier molecular flexibility index (Phi) is 4.77. The third-order valence-electron chi connectivity index (χ3n) is 1.24. The highest BCUT2D eigenvalue weighted by molar-refractivity contribution is 6.63. The second-order valence-electron chi connectivity index (χ2n) is 3.15. The molecule has 0 saturated carbocycles. The summed E-state index contributed by atoms with van der Waals surface area (Å²) in [6, 6.07) is -0.295. The molecule has 0 spiro atoms. The smallest absolute Gasteiger partial charge is 0.417 e. The Morgan fingerprint density at radius 1 is 1.23 bits per heavy atom. The van der Waals surface area contributed by atoms with Gasteiger partial charge in [-0.25, -0.2) is 9.69 Å². The van der Waals surface area contributed by atoms with Crippen molar-refractivity contribution in [2.45, 2.75) is 39.8 Å². The highest BCUT2D eigenvalue weighted by Crippen LogP contribution is 2.07. The van der Waals surface area contributed by atoms with Crippen molar-refractivity contribution < 1.29 is 14.3 Å². The highest BCUT2D eigenvalue weighted by atomic mass is 35.5. The van der Waals surface area contributed by atoms with Gasteiger partial charge in [0.05, 0.1) is 6.10 Å². The number of amides is 2. The fraction of sp³-hybridized carbons (Fsp3) is 0.750. The number of rotatable bonds is 2. The molecule has 0 fully saturated rings. The van der Waals surface area contributed by atoms with Crippen molar-refractivity contribution in [1.29, 1.82) is 0 Å². The van der Waals surface area contributed by atoms with E-state index in [0.717, 1.165) is 4.90 Å². The summed E-state index contributed by atoms with van der Waals surface area (Å²) in [4.78, 5) is 22.9. The lowest BCUT2D eigenvalue weighted by molar-refractivity contribution is 0.0820. The van der Waals surface area contributed by atoms with Crippen LogP contribution in [-0.4, -0.2) is 28.5 Å². The fourth-order valence-corrected chi connectivity index (χ4v) is 1.01. The zero-order valence-electron chi connectivity index (χ0n) is 8.20. The lowest BCUT2D eigenvalue weighted by atomic mass is 10.4. The van der Waals surface area contributed by atoms with Crippen LogP contribution in [0.15, 0.2) is 0 Å². The summed E-state index contributed by atoms with van der Waals surface area (Å²) in [5, 5.41) is -0.819. The molecule has 0 aromatic carbocycles. The summed E-state index contributed by atoms with van der Waals surface area (Å²) in [5.74, 6) is 0. The van der Waals surface area contributed by atoms with E-state index in [9.17, 15) is 9.59 Å². The molecule has 0 aliphatic rings. The van der Waals surface area contributed by atoms with E-state index in [2.05, 4.69) is 0 Å². The van der Waals surface area contributed by atoms with Gasteiger partial charge in [-0.15, -0.1) is 0 Å². The van der Waals surface area contributed by atoms with Crippen LogP contribution in [0.25, 0.3) is 0 Å². The quantitative estimate of drug-likeness (QED) is 0.517. The summed E-state index contributed by atoms with van der Waals surface area (Å²) in [6.07, 6.45) is -0.963. The minimum absolute atomic E-state index is 0.259. The second kappa shape index (κ2) is 5.07. The Hall–Kier alpha value is -0.770. The largest absolute Gasteiger partial charge is 0.446 e. The van der Waals surface area contributed by atoms with Crippen molar-refractivity contribution in [3.8, 4) is 0 Å². The number of ether oxygens (including phenoxy) is 1. The van der Waals surface area contributed by atoms with Crippen LogP contribution in [0, 0.1) is 0 Å². The molecule has 0 unspecified atom stereocenters. The highest BCUT2D eigenvalue weighted by Gasteiger charge is 2.24. The molecule has 0 atom stereocenters. The molecule has 0 aliphatic carbocycles. The molecule has 0 radical (unpaired) electrons. The number of halogens is 1. The number of imide groups is 1. The van der Waals surface area contributed by atoms with Gasteiger partial charge in [-0.1, -0.05) is 0 Å². The molecular formula is C8H14ClNO3. The number of hydrogen-bond donors (Lipinski definition) is 0. The van der Waals surface area contributed by atoms with E-state index in [-0.39, 0.29) is 12.1 Å². The van der Waals surface area contributed by atoms with Crippen LogP contribution in [-0.2, 0) is 4.74 Å². The summed E-state index contributed by atoms with van der Waals surface area (Å²) in [6.45, 7) is 6.77. The maximum atomic E-state index is 11.2. The lowest BCUT2D eigenvalue weighted by Gasteiger charge is -2.22. The Balaban J connectivity index is 4.38. The Labute approximate surface area is 82.8 Å². The first-order valence-corrected chi connectivity index (χ1v) is 4.43. The molecule has 0 aromatic rings.